The number of anilines is 1. The SMILES string of the molecule is COc1cccc2c1nc(N)n2-c1ccccc1Br. The van der Waals surface area contributed by atoms with Crippen LogP contribution < -0.4 is 10.5 Å². The summed E-state index contributed by atoms with van der Waals surface area (Å²) in [5, 5.41) is 0. The van der Waals surface area contributed by atoms with Gasteiger partial charge < -0.3 is 10.5 Å². The molecular weight excluding hydrogens is 306 g/mol. The maximum Gasteiger partial charge on any atom is 0.206 e. The number of benzene rings is 2. The molecule has 4 nitrogen and oxygen atoms in total. The van der Waals surface area contributed by atoms with Gasteiger partial charge in [-0.05, 0) is 40.2 Å². The van der Waals surface area contributed by atoms with Gasteiger partial charge in [0.2, 0.25) is 5.95 Å². The molecule has 19 heavy (non-hydrogen) atoms. The van der Waals surface area contributed by atoms with Gasteiger partial charge in [0.1, 0.15) is 11.3 Å². The number of aromatic nitrogens is 2. The van der Waals surface area contributed by atoms with E-state index in [9.17, 15) is 0 Å². The summed E-state index contributed by atoms with van der Waals surface area (Å²) in [5.74, 6) is 1.15. The first-order chi connectivity index (χ1) is 9.22. The topological polar surface area (TPSA) is 53.1 Å². The van der Waals surface area contributed by atoms with Gasteiger partial charge in [0.25, 0.3) is 0 Å². The lowest BCUT2D eigenvalue weighted by atomic mass is 10.2. The van der Waals surface area contributed by atoms with Gasteiger partial charge in [-0.2, -0.15) is 0 Å². The smallest absolute Gasteiger partial charge is 0.206 e. The van der Waals surface area contributed by atoms with Crippen molar-refractivity contribution in [2.45, 2.75) is 0 Å². The van der Waals surface area contributed by atoms with Crippen molar-refractivity contribution < 1.29 is 4.74 Å². The van der Waals surface area contributed by atoms with Gasteiger partial charge in [0.15, 0.2) is 0 Å². The Balaban J connectivity index is 2.36. The third kappa shape index (κ3) is 1.86. The second-order valence-electron chi connectivity index (χ2n) is 4.08. The summed E-state index contributed by atoms with van der Waals surface area (Å²) < 4.78 is 8.19. The summed E-state index contributed by atoms with van der Waals surface area (Å²) >= 11 is 3.54. The Kier molecular flexibility index (Phi) is 2.91. The second kappa shape index (κ2) is 4.59. The lowest BCUT2D eigenvalue weighted by molar-refractivity contribution is 0.419. The fourth-order valence-corrected chi connectivity index (χ4v) is 2.60. The highest BCUT2D eigenvalue weighted by Gasteiger charge is 2.14. The van der Waals surface area contributed by atoms with E-state index >= 15 is 0 Å². The standard InChI is InChI=1S/C14H12BrN3O/c1-19-12-8-4-7-11-13(12)17-14(16)18(11)10-6-3-2-5-9(10)15/h2-8H,1H3,(H2,16,17). The van der Waals surface area contributed by atoms with Crippen molar-refractivity contribution in [2.24, 2.45) is 0 Å². The van der Waals surface area contributed by atoms with E-state index in [2.05, 4.69) is 20.9 Å². The zero-order chi connectivity index (χ0) is 13.4. The number of methoxy groups -OCH3 is 1. The van der Waals surface area contributed by atoms with Crippen molar-refractivity contribution in [3.05, 3.63) is 46.9 Å². The van der Waals surface area contributed by atoms with Crippen LogP contribution in [0.4, 0.5) is 5.95 Å². The monoisotopic (exact) mass is 317 g/mol. The third-order valence-corrected chi connectivity index (χ3v) is 3.66. The molecule has 0 fully saturated rings. The number of imidazole rings is 1. The molecule has 2 aromatic carbocycles. The molecule has 0 amide bonds. The van der Waals surface area contributed by atoms with Crippen molar-refractivity contribution in [2.75, 3.05) is 12.8 Å². The van der Waals surface area contributed by atoms with E-state index in [1.165, 1.54) is 0 Å². The first-order valence-corrected chi connectivity index (χ1v) is 6.57. The van der Waals surface area contributed by atoms with Gasteiger partial charge >= 0.3 is 0 Å². The minimum absolute atomic E-state index is 0.436. The highest BCUT2D eigenvalue weighted by atomic mass is 79.9. The molecule has 0 aliphatic carbocycles. The van der Waals surface area contributed by atoms with Crippen molar-refractivity contribution in [1.29, 1.82) is 0 Å². The Labute approximate surface area is 118 Å². The Hall–Kier alpha value is -2.01. The molecule has 0 spiro atoms. The first-order valence-electron chi connectivity index (χ1n) is 5.78. The molecule has 0 unspecified atom stereocenters. The van der Waals surface area contributed by atoms with Crippen LogP contribution in [0, 0.1) is 0 Å². The molecule has 0 saturated carbocycles. The van der Waals surface area contributed by atoms with E-state index in [1.54, 1.807) is 7.11 Å². The molecule has 3 aromatic rings. The van der Waals surface area contributed by atoms with Gasteiger partial charge in [-0.1, -0.05) is 18.2 Å². The number of para-hydroxylation sites is 2. The molecule has 0 aliphatic heterocycles. The maximum absolute atomic E-state index is 6.05. The molecule has 1 heterocycles. The third-order valence-electron chi connectivity index (χ3n) is 2.99. The van der Waals surface area contributed by atoms with Crippen LogP contribution in [-0.2, 0) is 0 Å². The molecule has 0 bridgehead atoms. The summed E-state index contributed by atoms with van der Waals surface area (Å²) in [7, 11) is 1.63. The molecule has 2 N–H and O–H groups in total. The van der Waals surface area contributed by atoms with E-state index in [0.717, 1.165) is 26.9 Å². The predicted octanol–water partition coefficient (Wildman–Crippen LogP) is 3.38. The van der Waals surface area contributed by atoms with Crippen molar-refractivity contribution >= 4 is 32.9 Å². The normalized spacial score (nSPS) is 10.8. The first kappa shape index (κ1) is 12.0. The lowest BCUT2D eigenvalue weighted by Gasteiger charge is -2.08. The summed E-state index contributed by atoms with van der Waals surface area (Å²) in [6.45, 7) is 0. The van der Waals surface area contributed by atoms with Gasteiger partial charge in [-0.3, -0.25) is 4.57 Å². The zero-order valence-electron chi connectivity index (χ0n) is 10.3. The van der Waals surface area contributed by atoms with Crippen LogP contribution in [0.1, 0.15) is 0 Å². The van der Waals surface area contributed by atoms with Crippen LogP contribution >= 0.6 is 15.9 Å². The minimum atomic E-state index is 0.436. The Bertz CT molecular complexity index is 752. The second-order valence-corrected chi connectivity index (χ2v) is 4.94. The van der Waals surface area contributed by atoms with Crippen LogP contribution in [0.3, 0.4) is 0 Å². The summed E-state index contributed by atoms with van der Waals surface area (Å²) in [6.07, 6.45) is 0. The molecule has 96 valence electrons. The number of fused-ring (bicyclic) bond motifs is 1. The van der Waals surface area contributed by atoms with Crippen LogP contribution in [-0.4, -0.2) is 16.7 Å². The summed E-state index contributed by atoms with van der Waals surface area (Å²) in [5.41, 5.74) is 8.69. The largest absolute Gasteiger partial charge is 0.494 e. The van der Waals surface area contributed by atoms with Gasteiger partial charge in [0, 0.05) is 4.47 Å². The number of halogens is 1. The molecule has 0 radical (unpaired) electrons. The quantitative estimate of drug-likeness (QED) is 0.788. The number of nitrogen functional groups attached to an aromatic ring is 1. The van der Waals surface area contributed by atoms with Crippen molar-refractivity contribution in [3.63, 3.8) is 0 Å². The Morgan fingerprint density at radius 1 is 1.16 bits per heavy atom. The molecule has 0 atom stereocenters. The number of rotatable bonds is 2. The van der Waals surface area contributed by atoms with E-state index in [0.29, 0.717) is 5.95 Å². The number of ether oxygens (including phenoxy) is 1. The average Bonchev–Trinajstić information content (AvgIpc) is 2.75. The van der Waals surface area contributed by atoms with E-state index < -0.39 is 0 Å². The molecule has 3 rings (SSSR count). The minimum Gasteiger partial charge on any atom is -0.494 e. The number of nitrogens with two attached hydrogens (primary N) is 1. The molecule has 0 aliphatic rings. The number of nitrogens with zero attached hydrogens (tertiary/aromatic N) is 2. The van der Waals surface area contributed by atoms with Crippen LogP contribution in [0.25, 0.3) is 16.7 Å². The Morgan fingerprint density at radius 2 is 1.95 bits per heavy atom. The highest BCUT2D eigenvalue weighted by Crippen LogP contribution is 2.31. The van der Waals surface area contributed by atoms with Crippen LogP contribution in [0.2, 0.25) is 0 Å². The fourth-order valence-electron chi connectivity index (χ4n) is 2.14. The molecule has 0 saturated heterocycles. The number of hydrogen-bond acceptors (Lipinski definition) is 3. The molecular formula is C14H12BrN3O. The van der Waals surface area contributed by atoms with Gasteiger partial charge in [0.05, 0.1) is 18.3 Å². The average molecular weight is 318 g/mol. The summed E-state index contributed by atoms with van der Waals surface area (Å²) in [6, 6.07) is 13.7. The molecule has 5 heteroatoms. The fraction of sp³-hybridized carbons (Fsp3) is 0.0714. The lowest BCUT2D eigenvalue weighted by Crippen LogP contribution is -2.01. The van der Waals surface area contributed by atoms with Gasteiger partial charge in [-0.15, -0.1) is 0 Å². The summed E-state index contributed by atoms with van der Waals surface area (Å²) in [4.78, 5) is 4.40. The highest BCUT2D eigenvalue weighted by molar-refractivity contribution is 9.10. The maximum atomic E-state index is 6.05. The number of hydrogen-bond donors (Lipinski definition) is 1. The predicted molar refractivity (Wildman–Crippen MR) is 79.7 cm³/mol. The zero-order valence-corrected chi connectivity index (χ0v) is 11.9. The Morgan fingerprint density at radius 3 is 2.68 bits per heavy atom. The van der Waals surface area contributed by atoms with Gasteiger partial charge in [-0.25, -0.2) is 4.98 Å². The molecule has 1 aromatic heterocycles. The van der Waals surface area contributed by atoms with Crippen LogP contribution in [0.5, 0.6) is 5.75 Å². The van der Waals surface area contributed by atoms with E-state index in [-0.39, 0.29) is 0 Å². The van der Waals surface area contributed by atoms with Crippen LogP contribution in [0.15, 0.2) is 46.9 Å². The van der Waals surface area contributed by atoms with E-state index in [4.69, 9.17) is 10.5 Å². The van der Waals surface area contributed by atoms with Crippen molar-refractivity contribution in [1.82, 2.24) is 9.55 Å². The van der Waals surface area contributed by atoms with Crippen molar-refractivity contribution in [3.8, 4) is 11.4 Å². The van der Waals surface area contributed by atoms with E-state index in [1.807, 2.05) is 47.0 Å².